The molecule has 0 saturated carbocycles. The van der Waals surface area contributed by atoms with E-state index in [4.69, 9.17) is 18.9 Å². The normalized spacial score (nSPS) is 11.3. The molecule has 0 amide bonds. The van der Waals surface area contributed by atoms with Crippen LogP contribution in [0.2, 0.25) is 0 Å². The molecule has 0 aliphatic carbocycles. The van der Waals surface area contributed by atoms with Crippen molar-refractivity contribution in [3.05, 3.63) is 18.2 Å². The van der Waals surface area contributed by atoms with Crippen LogP contribution >= 0.6 is 0 Å². The van der Waals surface area contributed by atoms with Crippen molar-refractivity contribution in [1.82, 2.24) is 0 Å². The van der Waals surface area contributed by atoms with E-state index in [-0.39, 0.29) is 53.6 Å². The molecule has 0 atom stereocenters. The van der Waals surface area contributed by atoms with Crippen molar-refractivity contribution >= 4 is 23.1 Å². The standard InChI is InChI=1S/C9H9O4.BrH.Mg/c1-10-5-11-7-2-3-8-9(4-7)13-6-12-8;;/h2,4H,5-6H2,1H3;1H;/q-1;;+2/p-1. The first kappa shape index (κ1) is 14.8. The zero-order chi connectivity index (χ0) is 9.10. The largest absolute Gasteiger partial charge is 2.00 e. The Hall–Kier alpha value is -0.174. The second-order valence-corrected chi connectivity index (χ2v) is 2.49. The topological polar surface area (TPSA) is 36.9 Å². The first-order valence-electron chi connectivity index (χ1n) is 3.83. The molecule has 2 rings (SSSR count). The van der Waals surface area contributed by atoms with E-state index >= 15 is 0 Å². The summed E-state index contributed by atoms with van der Waals surface area (Å²) in [5, 5.41) is 0. The molecule has 78 valence electrons. The molecule has 0 bridgehead atoms. The summed E-state index contributed by atoms with van der Waals surface area (Å²) in [5.41, 5.74) is 0. The predicted molar refractivity (Wildman–Crippen MR) is 49.7 cm³/mol. The quantitative estimate of drug-likeness (QED) is 0.360. The SMILES string of the molecule is COCOc1c[c-]c2c(c1)OCO2.[Br-].[Mg+2]. The van der Waals surface area contributed by atoms with Crippen molar-refractivity contribution in [3.8, 4) is 17.2 Å². The molecule has 15 heavy (non-hydrogen) atoms. The van der Waals surface area contributed by atoms with Crippen molar-refractivity contribution in [2.24, 2.45) is 0 Å². The third-order valence-electron chi connectivity index (χ3n) is 1.60. The molecule has 1 heterocycles. The van der Waals surface area contributed by atoms with E-state index in [2.05, 4.69) is 6.07 Å². The van der Waals surface area contributed by atoms with Crippen molar-refractivity contribution < 1.29 is 35.9 Å². The summed E-state index contributed by atoms with van der Waals surface area (Å²) in [6, 6.07) is 6.33. The monoisotopic (exact) mass is 284 g/mol. The Morgan fingerprint density at radius 3 is 3.00 bits per heavy atom. The molecule has 0 aromatic heterocycles. The molecule has 1 aliphatic rings. The number of methoxy groups -OCH3 is 1. The Bertz CT molecular complexity index is 308. The van der Waals surface area contributed by atoms with Crippen molar-refractivity contribution in [2.75, 3.05) is 20.7 Å². The van der Waals surface area contributed by atoms with Gasteiger partial charge in [-0.2, -0.15) is 0 Å². The molecule has 1 aliphatic heterocycles. The maximum absolute atomic E-state index is 5.19. The summed E-state index contributed by atoms with van der Waals surface area (Å²) in [6.45, 7) is 0.465. The van der Waals surface area contributed by atoms with Gasteiger partial charge >= 0.3 is 23.1 Å². The summed E-state index contributed by atoms with van der Waals surface area (Å²) >= 11 is 0. The second-order valence-electron chi connectivity index (χ2n) is 2.49. The summed E-state index contributed by atoms with van der Waals surface area (Å²) in [4.78, 5) is 0. The van der Waals surface area contributed by atoms with E-state index < -0.39 is 0 Å². The van der Waals surface area contributed by atoms with Gasteiger partial charge < -0.3 is 35.9 Å². The van der Waals surface area contributed by atoms with E-state index in [9.17, 15) is 0 Å². The first-order chi connectivity index (χ1) is 6.40. The molecular weight excluding hydrogens is 276 g/mol. The number of rotatable bonds is 3. The number of ether oxygens (including phenoxy) is 4. The minimum atomic E-state index is 0. The van der Waals surface area contributed by atoms with E-state index in [0.29, 0.717) is 17.2 Å². The van der Waals surface area contributed by atoms with Crippen LogP contribution in [0.15, 0.2) is 12.1 Å². The molecule has 0 radical (unpaired) electrons. The van der Waals surface area contributed by atoms with Gasteiger partial charge in [0, 0.05) is 12.9 Å². The minimum absolute atomic E-state index is 0. The van der Waals surface area contributed by atoms with Gasteiger partial charge in [-0.25, -0.2) is 0 Å². The molecule has 0 saturated heterocycles. The van der Waals surface area contributed by atoms with Crippen LogP contribution in [0.4, 0.5) is 0 Å². The smallest absolute Gasteiger partial charge is 1.00 e. The maximum Gasteiger partial charge on any atom is 2.00 e. The van der Waals surface area contributed by atoms with Crippen LogP contribution in [-0.2, 0) is 4.74 Å². The summed E-state index contributed by atoms with van der Waals surface area (Å²) in [5.74, 6) is 1.95. The zero-order valence-corrected chi connectivity index (χ0v) is 11.3. The molecule has 6 heteroatoms. The molecule has 0 fully saturated rings. The number of benzene rings is 1. The first-order valence-corrected chi connectivity index (χ1v) is 3.83. The van der Waals surface area contributed by atoms with Crippen LogP contribution in [0.5, 0.6) is 17.2 Å². The van der Waals surface area contributed by atoms with E-state index in [1.165, 1.54) is 0 Å². The van der Waals surface area contributed by atoms with Gasteiger partial charge in [-0.15, -0.1) is 12.1 Å². The molecule has 0 unspecified atom stereocenters. The van der Waals surface area contributed by atoms with Crippen LogP contribution in [0.3, 0.4) is 0 Å². The molecule has 4 nitrogen and oxygen atoms in total. The van der Waals surface area contributed by atoms with Gasteiger partial charge in [-0.3, -0.25) is 0 Å². The second kappa shape index (κ2) is 7.16. The van der Waals surface area contributed by atoms with Gasteiger partial charge in [0.05, 0.1) is 11.5 Å². The summed E-state index contributed by atoms with van der Waals surface area (Å²) in [6.07, 6.45) is 0. The third kappa shape index (κ3) is 3.71. The van der Waals surface area contributed by atoms with Gasteiger partial charge in [0.15, 0.2) is 6.79 Å². The van der Waals surface area contributed by atoms with E-state index in [0.717, 1.165) is 0 Å². The Morgan fingerprint density at radius 2 is 2.27 bits per heavy atom. The van der Waals surface area contributed by atoms with Gasteiger partial charge in [0.1, 0.15) is 0 Å². The van der Waals surface area contributed by atoms with Crippen LogP contribution in [0.25, 0.3) is 0 Å². The van der Waals surface area contributed by atoms with Gasteiger partial charge in [0.2, 0.25) is 6.79 Å². The van der Waals surface area contributed by atoms with Crippen molar-refractivity contribution in [2.45, 2.75) is 0 Å². The fourth-order valence-electron chi connectivity index (χ4n) is 1.03. The predicted octanol–water partition coefficient (Wildman–Crippen LogP) is -2.18. The Labute approximate surface area is 115 Å². The Kier molecular flexibility index (Phi) is 7.07. The van der Waals surface area contributed by atoms with E-state index in [1.807, 2.05) is 0 Å². The maximum atomic E-state index is 5.19. The Morgan fingerprint density at radius 1 is 1.47 bits per heavy atom. The van der Waals surface area contributed by atoms with Crippen molar-refractivity contribution in [3.63, 3.8) is 0 Å². The number of hydrogen-bond donors (Lipinski definition) is 0. The van der Waals surface area contributed by atoms with E-state index in [1.54, 1.807) is 19.2 Å². The van der Waals surface area contributed by atoms with Crippen LogP contribution in [0.1, 0.15) is 0 Å². The fourth-order valence-corrected chi connectivity index (χ4v) is 1.03. The number of halogens is 1. The average Bonchev–Trinajstić information content (AvgIpc) is 2.61. The third-order valence-corrected chi connectivity index (χ3v) is 1.60. The number of fused-ring (bicyclic) bond motifs is 1. The van der Waals surface area contributed by atoms with Crippen LogP contribution in [0, 0.1) is 6.07 Å². The van der Waals surface area contributed by atoms with Gasteiger partial charge in [-0.1, -0.05) is 6.07 Å². The Balaban J connectivity index is 0.000000980. The minimum Gasteiger partial charge on any atom is -1.00 e. The van der Waals surface area contributed by atoms with Gasteiger partial charge in [-0.05, 0) is 0 Å². The van der Waals surface area contributed by atoms with Crippen LogP contribution in [-0.4, -0.2) is 43.7 Å². The zero-order valence-electron chi connectivity index (χ0n) is 8.29. The molecule has 1 aromatic carbocycles. The average molecular weight is 285 g/mol. The number of hydrogen-bond acceptors (Lipinski definition) is 4. The van der Waals surface area contributed by atoms with Crippen LogP contribution < -0.4 is 31.2 Å². The molecule has 1 aromatic rings. The molecular formula is C9H9BrMgO4. The molecule has 0 N–H and O–H groups in total. The van der Waals surface area contributed by atoms with Gasteiger partial charge in [0.25, 0.3) is 0 Å². The summed E-state index contributed by atoms with van der Waals surface area (Å²) in [7, 11) is 1.57. The fraction of sp³-hybridized carbons (Fsp3) is 0.333. The molecule has 0 spiro atoms. The summed E-state index contributed by atoms with van der Waals surface area (Å²) < 4.78 is 20.2. The van der Waals surface area contributed by atoms with Crippen molar-refractivity contribution in [1.29, 1.82) is 0 Å².